The highest BCUT2D eigenvalue weighted by atomic mass is 19.1. The van der Waals surface area contributed by atoms with E-state index in [2.05, 4.69) is 34.3 Å². The fourth-order valence-electron chi connectivity index (χ4n) is 2.72. The van der Waals surface area contributed by atoms with Crippen molar-refractivity contribution in [3.8, 4) is 23.1 Å². The largest absolute Gasteiger partial charge is 0.490 e. The highest BCUT2D eigenvalue weighted by Gasteiger charge is 2.13. The zero-order valence-corrected chi connectivity index (χ0v) is 17.2. The van der Waals surface area contributed by atoms with Crippen molar-refractivity contribution < 1.29 is 9.13 Å². The maximum atomic E-state index is 13.9. The van der Waals surface area contributed by atoms with Crippen LogP contribution in [0, 0.1) is 23.1 Å². The summed E-state index contributed by atoms with van der Waals surface area (Å²) in [6.45, 7) is 4.56. The minimum atomic E-state index is -0.573. The summed E-state index contributed by atoms with van der Waals surface area (Å²) in [6, 6.07) is 15.2. The van der Waals surface area contributed by atoms with Gasteiger partial charge in [0.15, 0.2) is 11.6 Å². The van der Waals surface area contributed by atoms with Gasteiger partial charge in [-0.2, -0.15) is 10.4 Å². The van der Waals surface area contributed by atoms with Crippen LogP contribution in [-0.2, 0) is 0 Å². The molecule has 0 saturated heterocycles. The lowest BCUT2D eigenvalue weighted by molar-refractivity contribution is 0.277. The van der Waals surface area contributed by atoms with Crippen LogP contribution in [0.15, 0.2) is 58.4 Å². The van der Waals surface area contributed by atoms with E-state index < -0.39 is 11.4 Å². The highest BCUT2D eigenvalue weighted by molar-refractivity contribution is 5.80. The van der Waals surface area contributed by atoms with Crippen molar-refractivity contribution in [3.63, 3.8) is 0 Å². The highest BCUT2D eigenvalue weighted by Crippen LogP contribution is 2.20. The maximum absolute atomic E-state index is 13.9. The number of hydrogen-bond donors (Lipinski definition) is 2. The van der Waals surface area contributed by atoms with Gasteiger partial charge in [0.25, 0.3) is 5.56 Å². The Morgan fingerprint density at radius 2 is 2.06 bits per heavy atom. The first-order valence-corrected chi connectivity index (χ1v) is 9.79. The Morgan fingerprint density at radius 1 is 1.29 bits per heavy atom. The molecule has 0 amide bonds. The van der Waals surface area contributed by atoms with Gasteiger partial charge in [-0.1, -0.05) is 50.2 Å². The standard InChI is InChI=1S/C23H22FN5O2/c1-15(2)10-11-31-20-12-16(8-9-19(20)24)14-26-29-23-27-21(17-6-4-3-5-7-17)18(13-25)22(30)28-23/h3-9,12,14-15H,10-11H2,1-2H3,(H2,27,28,29,30). The molecule has 3 rings (SSSR count). The molecule has 0 unspecified atom stereocenters. The van der Waals surface area contributed by atoms with E-state index in [1.54, 1.807) is 36.4 Å². The van der Waals surface area contributed by atoms with E-state index in [0.29, 0.717) is 23.7 Å². The first kappa shape index (κ1) is 21.7. The molecular formula is C23H22FN5O2. The molecule has 158 valence electrons. The minimum absolute atomic E-state index is 0.0784. The molecule has 31 heavy (non-hydrogen) atoms. The molecule has 2 N–H and O–H groups in total. The van der Waals surface area contributed by atoms with E-state index in [0.717, 1.165) is 6.42 Å². The summed E-state index contributed by atoms with van der Waals surface area (Å²) in [5.74, 6) is 0.245. The van der Waals surface area contributed by atoms with Crippen LogP contribution in [0.1, 0.15) is 31.4 Å². The number of anilines is 1. The molecule has 1 heterocycles. The molecule has 8 heteroatoms. The summed E-state index contributed by atoms with van der Waals surface area (Å²) in [7, 11) is 0. The van der Waals surface area contributed by atoms with Crippen LogP contribution in [0.5, 0.6) is 5.75 Å². The lowest BCUT2D eigenvalue weighted by atomic mass is 10.1. The van der Waals surface area contributed by atoms with Gasteiger partial charge in [0.1, 0.15) is 11.6 Å². The van der Waals surface area contributed by atoms with Crippen molar-refractivity contribution in [1.29, 1.82) is 5.26 Å². The first-order valence-electron chi connectivity index (χ1n) is 9.79. The number of halogens is 1. The van der Waals surface area contributed by atoms with Crippen molar-refractivity contribution in [2.75, 3.05) is 12.0 Å². The van der Waals surface area contributed by atoms with E-state index in [-0.39, 0.29) is 23.0 Å². The summed E-state index contributed by atoms with van der Waals surface area (Å²) < 4.78 is 19.5. The second-order valence-corrected chi connectivity index (χ2v) is 7.21. The van der Waals surface area contributed by atoms with Crippen LogP contribution in [0.25, 0.3) is 11.3 Å². The average molecular weight is 419 g/mol. The van der Waals surface area contributed by atoms with Crippen molar-refractivity contribution in [2.24, 2.45) is 11.0 Å². The SMILES string of the molecule is CC(C)CCOc1cc(C=NNc2nc(-c3ccccc3)c(C#N)c(=O)[nH]2)ccc1F. The monoisotopic (exact) mass is 419 g/mol. The topological polar surface area (TPSA) is 103 Å². The van der Waals surface area contributed by atoms with Gasteiger partial charge in [0, 0.05) is 5.56 Å². The summed E-state index contributed by atoms with van der Waals surface area (Å²) >= 11 is 0. The molecule has 3 aromatic rings. The molecular weight excluding hydrogens is 397 g/mol. The average Bonchev–Trinajstić information content (AvgIpc) is 2.76. The third-order valence-corrected chi connectivity index (χ3v) is 4.37. The number of aromatic amines is 1. The van der Waals surface area contributed by atoms with Crippen molar-refractivity contribution in [1.82, 2.24) is 9.97 Å². The van der Waals surface area contributed by atoms with Crippen LogP contribution in [0.3, 0.4) is 0 Å². The first-order chi connectivity index (χ1) is 15.0. The van der Waals surface area contributed by atoms with Crippen molar-refractivity contribution in [3.05, 3.63) is 75.8 Å². The van der Waals surface area contributed by atoms with Gasteiger partial charge >= 0.3 is 0 Å². The molecule has 0 bridgehead atoms. The molecule has 7 nitrogen and oxygen atoms in total. The molecule has 0 aliphatic carbocycles. The van der Waals surface area contributed by atoms with Gasteiger partial charge in [-0.25, -0.2) is 14.8 Å². The lowest BCUT2D eigenvalue weighted by Gasteiger charge is -2.09. The van der Waals surface area contributed by atoms with Crippen LogP contribution in [0.2, 0.25) is 0 Å². The van der Waals surface area contributed by atoms with Crippen LogP contribution in [0.4, 0.5) is 10.3 Å². The third kappa shape index (κ3) is 5.76. The third-order valence-electron chi connectivity index (χ3n) is 4.37. The van der Waals surface area contributed by atoms with E-state index >= 15 is 0 Å². The van der Waals surface area contributed by atoms with Gasteiger partial charge < -0.3 is 4.74 Å². The van der Waals surface area contributed by atoms with E-state index in [1.165, 1.54) is 12.3 Å². The van der Waals surface area contributed by atoms with Gasteiger partial charge in [0.05, 0.1) is 18.5 Å². The smallest absolute Gasteiger partial charge is 0.270 e. The van der Waals surface area contributed by atoms with Gasteiger partial charge in [-0.05, 0) is 30.0 Å². The number of hydrazone groups is 1. The molecule has 0 aliphatic rings. The van der Waals surface area contributed by atoms with Crippen LogP contribution >= 0.6 is 0 Å². The Balaban J connectivity index is 1.78. The number of nitrogens with one attached hydrogen (secondary N) is 2. The van der Waals surface area contributed by atoms with Crippen molar-refractivity contribution >= 4 is 12.2 Å². The molecule has 0 atom stereocenters. The summed E-state index contributed by atoms with van der Waals surface area (Å²) in [4.78, 5) is 19.1. The normalized spacial score (nSPS) is 10.9. The number of nitriles is 1. The van der Waals surface area contributed by atoms with E-state index in [4.69, 9.17) is 4.74 Å². The second kappa shape index (κ2) is 10.2. The molecule has 0 radical (unpaired) electrons. The van der Waals surface area contributed by atoms with E-state index in [9.17, 15) is 14.4 Å². The summed E-state index contributed by atoms with van der Waals surface area (Å²) in [5, 5.41) is 13.4. The van der Waals surface area contributed by atoms with Gasteiger partial charge in [0.2, 0.25) is 5.95 Å². The molecule has 0 spiro atoms. The number of ether oxygens (including phenoxy) is 1. The fourth-order valence-corrected chi connectivity index (χ4v) is 2.72. The predicted octanol–water partition coefficient (Wildman–Crippen LogP) is 4.32. The number of hydrogen-bond acceptors (Lipinski definition) is 6. The maximum Gasteiger partial charge on any atom is 0.270 e. The number of benzene rings is 2. The summed E-state index contributed by atoms with van der Waals surface area (Å²) in [6.07, 6.45) is 2.27. The van der Waals surface area contributed by atoms with Crippen molar-refractivity contribution in [2.45, 2.75) is 20.3 Å². The van der Waals surface area contributed by atoms with Crippen LogP contribution in [-0.4, -0.2) is 22.8 Å². The Labute approximate surface area is 179 Å². The molecule has 0 aliphatic heterocycles. The number of aromatic nitrogens is 2. The number of rotatable bonds is 8. The molecule has 2 aromatic carbocycles. The Bertz CT molecular complexity index is 1170. The number of H-pyrrole nitrogens is 1. The summed E-state index contributed by atoms with van der Waals surface area (Å²) in [5.41, 5.74) is 3.49. The number of nitrogens with zero attached hydrogens (tertiary/aromatic N) is 3. The molecule has 1 aromatic heterocycles. The fraction of sp³-hybridized carbons (Fsp3) is 0.217. The minimum Gasteiger partial charge on any atom is -0.490 e. The zero-order chi connectivity index (χ0) is 22.2. The lowest BCUT2D eigenvalue weighted by Crippen LogP contribution is -2.16. The Morgan fingerprint density at radius 3 is 2.77 bits per heavy atom. The molecule has 0 fully saturated rings. The van der Waals surface area contributed by atoms with Gasteiger partial charge in [-0.3, -0.25) is 9.78 Å². The Hall–Kier alpha value is -3.99. The Kier molecular flexibility index (Phi) is 7.12. The van der Waals surface area contributed by atoms with E-state index in [1.807, 2.05) is 12.1 Å². The zero-order valence-electron chi connectivity index (χ0n) is 17.2. The quantitative estimate of drug-likeness (QED) is 0.418. The second-order valence-electron chi connectivity index (χ2n) is 7.21. The molecule has 0 saturated carbocycles. The predicted molar refractivity (Wildman–Crippen MR) is 118 cm³/mol. The van der Waals surface area contributed by atoms with Crippen LogP contribution < -0.4 is 15.7 Å². The van der Waals surface area contributed by atoms with Gasteiger partial charge in [-0.15, -0.1) is 0 Å².